The SMILES string of the molecule is COc1cccc(Cl)c1C(=O)Pc1ccc(OC(C)(C)C)cc1.[Li]. The van der Waals surface area contributed by atoms with E-state index in [0.29, 0.717) is 16.3 Å². The van der Waals surface area contributed by atoms with Crippen LogP contribution in [0.1, 0.15) is 31.1 Å². The minimum atomic E-state index is -0.245. The van der Waals surface area contributed by atoms with E-state index in [1.165, 1.54) is 7.11 Å². The van der Waals surface area contributed by atoms with Gasteiger partial charge in [0.05, 0.1) is 17.7 Å². The van der Waals surface area contributed by atoms with Crippen LogP contribution in [0.5, 0.6) is 11.5 Å². The summed E-state index contributed by atoms with van der Waals surface area (Å²) in [7, 11) is 1.51. The van der Waals surface area contributed by atoms with Crippen molar-refractivity contribution in [3.8, 4) is 11.5 Å². The largest absolute Gasteiger partial charge is 0.496 e. The van der Waals surface area contributed by atoms with Crippen molar-refractivity contribution in [1.82, 2.24) is 0 Å². The van der Waals surface area contributed by atoms with Gasteiger partial charge in [-0.15, -0.1) is 0 Å². The normalized spacial score (nSPS) is 11.2. The third-order valence-electron chi connectivity index (χ3n) is 2.96. The number of carbonyl (C=O) groups is 1. The van der Waals surface area contributed by atoms with Crippen LogP contribution in [0.25, 0.3) is 0 Å². The summed E-state index contributed by atoms with van der Waals surface area (Å²) in [6, 6.07) is 12.8. The van der Waals surface area contributed by atoms with Crippen molar-refractivity contribution in [2.24, 2.45) is 0 Å². The van der Waals surface area contributed by atoms with Crippen molar-refractivity contribution in [3.05, 3.63) is 53.1 Å². The first-order valence-corrected chi connectivity index (χ1v) is 8.61. The zero-order valence-corrected chi connectivity index (χ0v) is 16.4. The number of carbonyl (C=O) groups excluding carboxylic acids is 1. The van der Waals surface area contributed by atoms with E-state index in [4.69, 9.17) is 21.1 Å². The van der Waals surface area contributed by atoms with Gasteiger partial charge in [0.2, 0.25) is 0 Å². The standard InChI is InChI=1S/C18H20ClO3P.Li/c1-18(2,3)22-12-8-10-13(11-9-12)23-17(20)16-14(19)6-5-7-15(16)21-4;/h5-11,23H,1-4H3;. The molecule has 1 atom stereocenters. The molecule has 0 saturated carbocycles. The maximum Gasteiger partial charge on any atom is 0.190 e. The van der Waals surface area contributed by atoms with Crippen molar-refractivity contribution < 1.29 is 14.3 Å². The molecule has 123 valence electrons. The van der Waals surface area contributed by atoms with Crippen LogP contribution in [0.3, 0.4) is 0 Å². The molecule has 0 fully saturated rings. The fourth-order valence-electron chi connectivity index (χ4n) is 2.05. The van der Waals surface area contributed by atoms with Crippen LogP contribution in [-0.2, 0) is 0 Å². The molecule has 0 N–H and O–H groups in total. The molecule has 0 amide bonds. The van der Waals surface area contributed by atoms with Crippen molar-refractivity contribution in [2.45, 2.75) is 26.4 Å². The van der Waals surface area contributed by atoms with Crippen LogP contribution in [0.15, 0.2) is 42.5 Å². The van der Waals surface area contributed by atoms with E-state index in [-0.39, 0.29) is 38.6 Å². The van der Waals surface area contributed by atoms with E-state index in [2.05, 4.69) is 0 Å². The van der Waals surface area contributed by atoms with Crippen LogP contribution >= 0.6 is 20.2 Å². The first kappa shape index (κ1) is 21.1. The van der Waals surface area contributed by atoms with Crippen molar-refractivity contribution >= 4 is 49.9 Å². The smallest absolute Gasteiger partial charge is 0.190 e. The predicted molar refractivity (Wildman–Crippen MR) is 103 cm³/mol. The van der Waals surface area contributed by atoms with Crippen LogP contribution in [-0.4, -0.2) is 37.1 Å². The average Bonchev–Trinajstić information content (AvgIpc) is 2.47. The van der Waals surface area contributed by atoms with E-state index >= 15 is 0 Å². The Labute approximate surface area is 162 Å². The number of rotatable bonds is 5. The molecular formula is C18H20ClLiO3P. The Hall–Kier alpha value is -0.973. The number of methoxy groups -OCH3 is 1. The molecule has 0 heterocycles. The van der Waals surface area contributed by atoms with Crippen LogP contribution in [0.4, 0.5) is 0 Å². The second-order valence-electron chi connectivity index (χ2n) is 6.01. The molecule has 1 radical (unpaired) electrons. The molecule has 0 aliphatic carbocycles. The molecule has 2 aromatic rings. The maximum atomic E-state index is 12.5. The Morgan fingerprint density at radius 3 is 2.25 bits per heavy atom. The summed E-state index contributed by atoms with van der Waals surface area (Å²) in [5.74, 6) is 1.29. The predicted octanol–water partition coefficient (Wildman–Crippen LogP) is 4.29. The molecule has 0 aliphatic heterocycles. The number of halogens is 1. The van der Waals surface area contributed by atoms with E-state index in [0.717, 1.165) is 11.1 Å². The van der Waals surface area contributed by atoms with E-state index in [1.54, 1.807) is 18.2 Å². The zero-order chi connectivity index (χ0) is 17.0. The minimum absolute atomic E-state index is 0. The summed E-state index contributed by atoms with van der Waals surface area (Å²) in [4.78, 5) is 12.5. The second kappa shape index (κ2) is 8.93. The zero-order valence-electron chi connectivity index (χ0n) is 14.6. The first-order chi connectivity index (χ1) is 10.8. The summed E-state index contributed by atoms with van der Waals surface area (Å²) in [6.45, 7) is 5.99. The Balaban J connectivity index is 0.00000288. The van der Waals surface area contributed by atoms with Crippen LogP contribution in [0, 0.1) is 0 Å². The first-order valence-electron chi connectivity index (χ1n) is 7.23. The number of hydrogen-bond acceptors (Lipinski definition) is 3. The molecule has 24 heavy (non-hydrogen) atoms. The molecular weight excluding hydrogens is 338 g/mol. The van der Waals surface area contributed by atoms with Crippen molar-refractivity contribution in [1.29, 1.82) is 0 Å². The summed E-state index contributed by atoms with van der Waals surface area (Å²) in [5, 5.41) is 1.34. The summed E-state index contributed by atoms with van der Waals surface area (Å²) in [6.07, 6.45) is 0. The summed E-state index contributed by atoms with van der Waals surface area (Å²) in [5.41, 5.74) is 0.145. The Morgan fingerprint density at radius 1 is 1.08 bits per heavy atom. The second-order valence-corrected chi connectivity index (χ2v) is 7.70. The topological polar surface area (TPSA) is 35.5 Å². The Bertz CT molecular complexity index is 696. The maximum absolute atomic E-state index is 12.5. The molecule has 0 saturated heterocycles. The molecule has 3 nitrogen and oxygen atoms in total. The minimum Gasteiger partial charge on any atom is -0.496 e. The molecule has 1 unspecified atom stereocenters. The van der Waals surface area contributed by atoms with Gasteiger partial charge in [0, 0.05) is 18.9 Å². The van der Waals surface area contributed by atoms with Gasteiger partial charge < -0.3 is 9.47 Å². The van der Waals surface area contributed by atoms with Crippen molar-refractivity contribution in [2.75, 3.05) is 7.11 Å². The number of benzene rings is 2. The molecule has 0 bridgehead atoms. The number of ether oxygens (including phenoxy) is 2. The fourth-order valence-corrected chi connectivity index (χ4v) is 3.36. The fraction of sp³-hybridized carbons (Fsp3) is 0.278. The Morgan fingerprint density at radius 2 is 1.71 bits per heavy atom. The average molecular weight is 358 g/mol. The third kappa shape index (κ3) is 5.83. The van der Waals surface area contributed by atoms with Crippen LogP contribution in [0.2, 0.25) is 5.02 Å². The van der Waals surface area contributed by atoms with Gasteiger partial charge in [0.1, 0.15) is 17.1 Å². The van der Waals surface area contributed by atoms with Crippen LogP contribution < -0.4 is 14.8 Å². The molecule has 2 aromatic carbocycles. The van der Waals surface area contributed by atoms with E-state index < -0.39 is 0 Å². The Kier molecular flexibility index (Phi) is 7.84. The van der Waals surface area contributed by atoms with E-state index in [1.807, 2.05) is 45.0 Å². The number of hydrogen-bond donors (Lipinski definition) is 0. The molecule has 0 aliphatic rings. The van der Waals surface area contributed by atoms with Gasteiger partial charge in [0.15, 0.2) is 5.52 Å². The van der Waals surface area contributed by atoms with Gasteiger partial charge in [-0.3, -0.25) is 4.79 Å². The molecule has 0 aromatic heterocycles. The van der Waals surface area contributed by atoms with Gasteiger partial charge in [-0.05, 0) is 58.9 Å². The summed E-state index contributed by atoms with van der Waals surface area (Å²) >= 11 is 6.15. The monoisotopic (exact) mass is 357 g/mol. The van der Waals surface area contributed by atoms with Gasteiger partial charge in [0.25, 0.3) is 0 Å². The summed E-state index contributed by atoms with van der Waals surface area (Å²) < 4.78 is 11.0. The molecule has 6 heteroatoms. The van der Waals surface area contributed by atoms with Gasteiger partial charge in [-0.1, -0.05) is 29.8 Å². The molecule has 2 rings (SSSR count). The van der Waals surface area contributed by atoms with Gasteiger partial charge in [-0.2, -0.15) is 0 Å². The van der Waals surface area contributed by atoms with E-state index in [9.17, 15) is 4.79 Å². The molecule has 0 spiro atoms. The van der Waals surface area contributed by atoms with Gasteiger partial charge in [-0.25, -0.2) is 0 Å². The third-order valence-corrected chi connectivity index (χ3v) is 4.37. The van der Waals surface area contributed by atoms with Crippen molar-refractivity contribution in [3.63, 3.8) is 0 Å². The quantitative estimate of drug-likeness (QED) is 0.591. The van der Waals surface area contributed by atoms with Gasteiger partial charge >= 0.3 is 0 Å².